The van der Waals surface area contributed by atoms with Gasteiger partial charge in [0.25, 0.3) is 0 Å². The smallest absolute Gasteiger partial charge is 0.119 e. The number of benzene rings is 3. The summed E-state index contributed by atoms with van der Waals surface area (Å²) in [6.07, 6.45) is 9.97. The highest BCUT2D eigenvalue weighted by molar-refractivity contribution is 5.37. The molecule has 3 aromatic rings. The molecule has 0 aromatic heterocycles. The second-order valence-corrected chi connectivity index (χ2v) is 7.77. The summed E-state index contributed by atoms with van der Waals surface area (Å²) in [6, 6.07) is 27.8. The molecule has 0 radical (unpaired) electrons. The van der Waals surface area contributed by atoms with Crippen molar-refractivity contribution in [1.29, 1.82) is 0 Å². The fourth-order valence-electron chi connectivity index (χ4n) is 3.76. The maximum Gasteiger partial charge on any atom is 0.119 e. The van der Waals surface area contributed by atoms with Gasteiger partial charge in [0.05, 0.1) is 12.0 Å². The summed E-state index contributed by atoms with van der Waals surface area (Å²) in [5, 5.41) is 0. The molecule has 0 heterocycles. The van der Waals surface area contributed by atoms with Crippen LogP contribution < -0.4 is 4.74 Å². The van der Waals surface area contributed by atoms with E-state index in [-0.39, 0.29) is 5.41 Å². The zero-order valence-corrected chi connectivity index (χ0v) is 17.5. The van der Waals surface area contributed by atoms with Crippen LogP contribution in [0.1, 0.15) is 48.9 Å². The van der Waals surface area contributed by atoms with E-state index in [0.29, 0.717) is 6.61 Å². The van der Waals surface area contributed by atoms with Gasteiger partial charge in [-0.1, -0.05) is 72.7 Å². The lowest BCUT2D eigenvalue weighted by atomic mass is 9.78. The zero-order chi connectivity index (χ0) is 20.5. The standard InChI is InChI=1S/C28H30O/c1-4-28(3,26-16-18-27(19-17-26)29-5-2)20-10-15-24-13-9-14-25(22-24)21-23-11-7-6-8-12-23/h1,6-9,11-14,16-19,22H,5,10,15,20-21H2,2-3H3. The van der Waals surface area contributed by atoms with Crippen molar-refractivity contribution in [1.82, 2.24) is 0 Å². The summed E-state index contributed by atoms with van der Waals surface area (Å²) in [5.41, 5.74) is 5.01. The molecule has 0 saturated heterocycles. The molecule has 0 bridgehead atoms. The van der Waals surface area contributed by atoms with E-state index in [9.17, 15) is 0 Å². The van der Waals surface area contributed by atoms with E-state index in [0.717, 1.165) is 31.4 Å². The molecule has 3 rings (SSSR count). The Morgan fingerprint density at radius 1 is 0.862 bits per heavy atom. The lowest BCUT2D eigenvalue weighted by Crippen LogP contribution is -2.19. The molecule has 0 aliphatic rings. The summed E-state index contributed by atoms with van der Waals surface area (Å²) in [5.74, 6) is 3.93. The number of terminal acetylenes is 1. The highest BCUT2D eigenvalue weighted by Gasteiger charge is 2.23. The second-order valence-electron chi connectivity index (χ2n) is 7.77. The van der Waals surface area contributed by atoms with E-state index in [1.807, 2.05) is 19.1 Å². The molecule has 1 nitrogen and oxygen atoms in total. The summed E-state index contributed by atoms with van der Waals surface area (Å²) in [4.78, 5) is 0. The van der Waals surface area contributed by atoms with Crippen LogP contribution >= 0.6 is 0 Å². The fraction of sp³-hybridized carbons (Fsp3) is 0.286. The molecule has 1 heteroatoms. The van der Waals surface area contributed by atoms with Crippen LogP contribution in [0.15, 0.2) is 78.9 Å². The first kappa shape index (κ1) is 20.7. The van der Waals surface area contributed by atoms with Crippen molar-refractivity contribution in [2.45, 2.75) is 44.9 Å². The van der Waals surface area contributed by atoms with Crippen LogP contribution in [0.2, 0.25) is 0 Å². The minimum atomic E-state index is -0.258. The van der Waals surface area contributed by atoms with E-state index >= 15 is 0 Å². The minimum absolute atomic E-state index is 0.258. The van der Waals surface area contributed by atoms with E-state index in [4.69, 9.17) is 11.2 Å². The number of hydrogen-bond donors (Lipinski definition) is 0. The molecule has 148 valence electrons. The third kappa shape index (κ3) is 5.75. The highest BCUT2D eigenvalue weighted by Crippen LogP contribution is 2.30. The Hall–Kier alpha value is -2.98. The van der Waals surface area contributed by atoms with E-state index in [1.165, 1.54) is 22.3 Å². The molecule has 0 spiro atoms. The van der Waals surface area contributed by atoms with Crippen molar-refractivity contribution in [3.8, 4) is 18.1 Å². The molecule has 3 aromatic carbocycles. The molecule has 1 atom stereocenters. The summed E-state index contributed by atoms with van der Waals surface area (Å²) < 4.78 is 5.55. The number of aryl methyl sites for hydroxylation is 1. The average molecular weight is 383 g/mol. The van der Waals surface area contributed by atoms with Gasteiger partial charge in [-0.3, -0.25) is 0 Å². The Morgan fingerprint density at radius 3 is 2.24 bits per heavy atom. The van der Waals surface area contributed by atoms with Crippen molar-refractivity contribution in [3.05, 3.63) is 101 Å². The lowest BCUT2D eigenvalue weighted by Gasteiger charge is -2.24. The zero-order valence-electron chi connectivity index (χ0n) is 17.5. The van der Waals surface area contributed by atoms with Crippen LogP contribution in [-0.4, -0.2) is 6.61 Å². The van der Waals surface area contributed by atoms with Gasteiger partial charge in [-0.25, -0.2) is 0 Å². The SMILES string of the molecule is C#CC(C)(CCCc1cccc(Cc2ccccc2)c1)c1ccc(OCC)cc1. The summed E-state index contributed by atoms with van der Waals surface area (Å²) in [7, 11) is 0. The Labute approximate surface area is 175 Å². The molecule has 29 heavy (non-hydrogen) atoms. The molecule has 1 unspecified atom stereocenters. The summed E-state index contributed by atoms with van der Waals surface area (Å²) >= 11 is 0. The van der Waals surface area contributed by atoms with Crippen LogP contribution in [0.5, 0.6) is 5.75 Å². The maximum atomic E-state index is 5.94. The van der Waals surface area contributed by atoms with Crippen molar-refractivity contribution in [2.24, 2.45) is 0 Å². The topological polar surface area (TPSA) is 9.23 Å². The van der Waals surface area contributed by atoms with E-state index in [1.54, 1.807) is 0 Å². The van der Waals surface area contributed by atoms with Crippen LogP contribution in [0, 0.1) is 12.3 Å². The van der Waals surface area contributed by atoms with Gasteiger partial charge in [-0.2, -0.15) is 0 Å². The second kappa shape index (κ2) is 9.99. The first-order valence-electron chi connectivity index (χ1n) is 10.5. The Bertz CT molecular complexity index is 934. The molecular weight excluding hydrogens is 352 g/mol. The quantitative estimate of drug-likeness (QED) is 0.379. The number of ether oxygens (including phenoxy) is 1. The van der Waals surface area contributed by atoms with Gasteiger partial charge in [0.15, 0.2) is 0 Å². The highest BCUT2D eigenvalue weighted by atomic mass is 16.5. The third-order valence-electron chi connectivity index (χ3n) is 5.51. The Balaban J connectivity index is 1.60. The van der Waals surface area contributed by atoms with Crippen molar-refractivity contribution < 1.29 is 4.74 Å². The fourth-order valence-corrected chi connectivity index (χ4v) is 3.76. The maximum absolute atomic E-state index is 5.94. The summed E-state index contributed by atoms with van der Waals surface area (Å²) in [6.45, 7) is 4.83. The molecule has 0 amide bonds. The average Bonchev–Trinajstić information content (AvgIpc) is 2.75. The normalized spacial score (nSPS) is 12.7. The van der Waals surface area contributed by atoms with Crippen LogP contribution in [0.3, 0.4) is 0 Å². The van der Waals surface area contributed by atoms with Gasteiger partial charge in [0.2, 0.25) is 0 Å². The molecule has 0 saturated carbocycles. The van der Waals surface area contributed by atoms with Gasteiger partial charge < -0.3 is 4.74 Å². The van der Waals surface area contributed by atoms with Gasteiger partial charge >= 0.3 is 0 Å². The lowest BCUT2D eigenvalue weighted by molar-refractivity contribution is 0.340. The van der Waals surface area contributed by atoms with Crippen molar-refractivity contribution in [3.63, 3.8) is 0 Å². The van der Waals surface area contributed by atoms with E-state index in [2.05, 4.69) is 79.6 Å². The van der Waals surface area contributed by atoms with Crippen molar-refractivity contribution >= 4 is 0 Å². The monoisotopic (exact) mass is 382 g/mol. The molecule has 0 fully saturated rings. The Morgan fingerprint density at radius 2 is 1.55 bits per heavy atom. The molecule has 0 aliphatic carbocycles. The number of hydrogen-bond acceptors (Lipinski definition) is 1. The van der Waals surface area contributed by atoms with Crippen LogP contribution in [-0.2, 0) is 18.3 Å². The van der Waals surface area contributed by atoms with Crippen LogP contribution in [0.4, 0.5) is 0 Å². The van der Waals surface area contributed by atoms with Gasteiger partial charge in [-0.15, -0.1) is 6.42 Å². The molecule has 0 aliphatic heterocycles. The minimum Gasteiger partial charge on any atom is -0.494 e. The largest absolute Gasteiger partial charge is 0.494 e. The van der Waals surface area contributed by atoms with Crippen molar-refractivity contribution in [2.75, 3.05) is 6.61 Å². The van der Waals surface area contributed by atoms with Gasteiger partial charge in [-0.05, 0) is 73.9 Å². The first-order valence-corrected chi connectivity index (χ1v) is 10.5. The first-order chi connectivity index (χ1) is 14.1. The predicted octanol–water partition coefficient (Wildman–Crippen LogP) is 6.59. The van der Waals surface area contributed by atoms with E-state index < -0.39 is 0 Å². The molecule has 0 N–H and O–H groups in total. The third-order valence-corrected chi connectivity index (χ3v) is 5.51. The van der Waals surface area contributed by atoms with Gasteiger partial charge in [0, 0.05) is 0 Å². The van der Waals surface area contributed by atoms with Gasteiger partial charge in [0.1, 0.15) is 5.75 Å². The predicted molar refractivity (Wildman–Crippen MR) is 122 cm³/mol. The number of rotatable bonds is 9. The Kier molecular flexibility index (Phi) is 7.14. The van der Waals surface area contributed by atoms with Crippen LogP contribution in [0.25, 0.3) is 0 Å². The molecular formula is C28H30O.